The van der Waals surface area contributed by atoms with Gasteiger partial charge in [-0.3, -0.25) is 0 Å². The molecule has 0 saturated carbocycles. The molecule has 3 aromatic carbocycles. The van der Waals surface area contributed by atoms with Crippen LogP contribution in [0.2, 0.25) is 0 Å². The minimum atomic E-state index is -3.45. The van der Waals surface area contributed by atoms with Crippen molar-refractivity contribution in [3.05, 3.63) is 83.9 Å². The van der Waals surface area contributed by atoms with E-state index in [2.05, 4.69) is 4.72 Å². The van der Waals surface area contributed by atoms with E-state index in [4.69, 9.17) is 0 Å². The lowest BCUT2D eigenvalue weighted by Crippen LogP contribution is -2.31. The number of aliphatic hydroxyl groups is 1. The van der Waals surface area contributed by atoms with Crippen molar-refractivity contribution in [2.24, 2.45) is 0 Å². The predicted molar refractivity (Wildman–Crippen MR) is 101 cm³/mol. The number of sulfonamides is 1. The highest BCUT2D eigenvalue weighted by molar-refractivity contribution is 7.89. The second kappa shape index (κ2) is 7.78. The highest BCUT2D eigenvalue weighted by atomic mass is 32.2. The van der Waals surface area contributed by atoms with Crippen LogP contribution in [0.25, 0.3) is 10.8 Å². The molecule has 0 heterocycles. The van der Waals surface area contributed by atoms with Gasteiger partial charge in [0.05, 0.1) is 11.9 Å². The summed E-state index contributed by atoms with van der Waals surface area (Å²) in [5, 5.41) is 12.4. The summed E-state index contributed by atoms with van der Waals surface area (Å²) in [6.45, 7) is -0.0366. The van der Waals surface area contributed by atoms with E-state index in [0.717, 1.165) is 21.9 Å². The van der Waals surface area contributed by atoms with Crippen molar-refractivity contribution in [2.75, 3.05) is 12.3 Å². The molecular formula is C20H21NO3S. The average molecular weight is 355 g/mol. The Balaban J connectivity index is 1.63. The molecule has 130 valence electrons. The Morgan fingerprint density at radius 1 is 0.880 bits per heavy atom. The maximum absolute atomic E-state index is 12.2. The van der Waals surface area contributed by atoms with E-state index >= 15 is 0 Å². The molecule has 0 aliphatic rings. The summed E-state index contributed by atoms with van der Waals surface area (Å²) in [7, 11) is -3.45. The van der Waals surface area contributed by atoms with Crippen molar-refractivity contribution in [1.82, 2.24) is 4.72 Å². The number of aryl methyl sites for hydroxylation is 1. The zero-order valence-corrected chi connectivity index (χ0v) is 14.6. The molecule has 25 heavy (non-hydrogen) atoms. The molecular weight excluding hydrogens is 334 g/mol. The third-order valence-electron chi connectivity index (χ3n) is 4.18. The molecule has 0 aliphatic carbocycles. The van der Waals surface area contributed by atoms with Crippen molar-refractivity contribution in [3.63, 3.8) is 0 Å². The first kappa shape index (κ1) is 17.6. The molecule has 3 aromatic rings. The lowest BCUT2D eigenvalue weighted by atomic mass is 10.0. The fraction of sp³-hybridized carbons (Fsp3) is 0.200. The molecule has 0 unspecified atom stereocenters. The van der Waals surface area contributed by atoms with Gasteiger partial charge >= 0.3 is 0 Å². The maximum atomic E-state index is 12.2. The highest BCUT2D eigenvalue weighted by Crippen LogP contribution is 2.23. The van der Waals surface area contributed by atoms with Crippen molar-refractivity contribution in [2.45, 2.75) is 12.5 Å². The van der Waals surface area contributed by atoms with Crippen LogP contribution in [-0.2, 0) is 16.4 Å². The average Bonchev–Trinajstić information content (AvgIpc) is 2.65. The van der Waals surface area contributed by atoms with Crippen LogP contribution < -0.4 is 4.72 Å². The van der Waals surface area contributed by atoms with Crippen LogP contribution in [0.4, 0.5) is 0 Å². The zero-order valence-electron chi connectivity index (χ0n) is 13.8. The van der Waals surface area contributed by atoms with Crippen molar-refractivity contribution < 1.29 is 13.5 Å². The third-order valence-corrected chi connectivity index (χ3v) is 5.53. The van der Waals surface area contributed by atoms with Crippen molar-refractivity contribution >= 4 is 20.8 Å². The monoisotopic (exact) mass is 355 g/mol. The topological polar surface area (TPSA) is 66.4 Å². The quantitative estimate of drug-likeness (QED) is 0.685. The molecule has 0 aliphatic heterocycles. The Bertz CT molecular complexity index is 934. The van der Waals surface area contributed by atoms with Crippen LogP contribution in [0.15, 0.2) is 72.8 Å². The van der Waals surface area contributed by atoms with E-state index < -0.39 is 16.1 Å². The van der Waals surface area contributed by atoms with E-state index in [9.17, 15) is 13.5 Å². The number of hydrogen-bond acceptors (Lipinski definition) is 3. The second-order valence-electron chi connectivity index (χ2n) is 5.99. The van der Waals surface area contributed by atoms with Crippen molar-refractivity contribution in [1.29, 1.82) is 0 Å². The van der Waals surface area contributed by atoms with E-state index in [0.29, 0.717) is 6.42 Å². The summed E-state index contributed by atoms with van der Waals surface area (Å²) in [4.78, 5) is 0. The minimum absolute atomic E-state index is 0.000723. The predicted octanol–water partition coefficient (Wildman–Crippen LogP) is 3.04. The van der Waals surface area contributed by atoms with E-state index in [1.54, 1.807) is 0 Å². The smallest absolute Gasteiger partial charge is 0.212 e. The first-order chi connectivity index (χ1) is 12.1. The van der Waals surface area contributed by atoms with Gasteiger partial charge in [0.25, 0.3) is 0 Å². The number of hydrogen-bond donors (Lipinski definition) is 2. The SMILES string of the molecule is O=S(=O)(CCc1ccccc1)NC[C@H](O)c1cccc2ccccc12. The highest BCUT2D eigenvalue weighted by Gasteiger charge is 2.16. The van der Waals surface area contributed by atoms with Gasteiger partial charge in [0.2, 0.25) is 10.0 Å². The maximum Gasteiger partial charge on any atom is 0.212 e. The van der Waals surface area contributed by atoms with Gasteiger partial charge in [0.15, 0.2) is 0 Å². The van der Waals surface area contributed by atoms with Gasteiger partial charge in [-0.15, -0.1) is 0 Å². The number of benzene rings is 3. The molecule has 5 heteroatoms. The summed E-state index contributed by atoms with van der Waals surface area (Å²) in [5.74, 6) is -0.000723. The molecule has 4 nitrogen and oxygen atoms in total. The fourth-order valence-electron chi connectivity index (χ4n) is 2.83. The Kier molecular flexibility index (Phi) is 5.48. The first-order valence-electron chi connectivity index (χ1n) is 8.22. The van der Waals surface area contributed by atoms with Crippen LogP contribution in [0.3, 0.4) is 0 Å². The lowest BCUT2D eigenvalue weighted by molar-refractivity contribution is 0.183. The number of rotatable bonds is 7. The van der Waals surface area contributed by atoms with Gasteiger partial charge in [0, 0.05) is 6.54 Å². The summed E-state index contributed by atoms with van der Waals surface area (Å²) in [5.41, 5.74) is 1.70. The number of nitrogens with one attached hydrogen (secondary N) is 1. The van der Waals surface area contributed by atoms with Gasteiger partial charge in [-0.1, -0.05) is 72.8 Å². The largest absolute Gasteiger partial charge is 0.387 e. The molecule has 0 aromatic heterocycles. The van der Waals surface area contributed by atoms with Crippen LogP contribution in [-0.4, -0.2) is 25.8 Å². The molecule has 2 N–H and O–H groups in total. The summed E-state index contributed by atoms with van der Waals surface area (Å²) in [6, 6.07) is 22.9. The van der Waals surface area contributed by atoms with Crippen LogP contribution in [0.5, 0.6) is 0 Å². The van der Waals surface area contributed by atoms with Gasteiger partial charge in [-0.05, 0) is 28.3 Å². The number of fused-ring (bicyclic) bond motifs is 1. The van der Waals surface area contributed by atoms with Crippen molar-refractivity contribution in [3.8, 4) is 0 Å². The lowest BCUT2D eigenvalue weighted by Gasteiger charge is -2.15. The van der Waals surface area contributed by atoms with Crippen LogP contribution >= 0.6 is 0 Å². The zero-order chi connectivity index (χ0) is 17.7. The Morgan fingerprint density at radius 2 is 1.56 bits per heavy atom. The second-order valence-corrected chi connectivity index (χ2v) is 7.91. The van der Waals surface area contributed by atoms with Gasteiger partial charge in [0.1, 0.15) is 0 Å². The third kappa shape index (κ3) is 4.66. The van der Waals surface area contributed by atoms with Crippen LogP contribution in [0.1, 0.15) is 17.2 Å². The van der Waals surface area contributed by atoms with Crippen LogP contribution in [0, 0.1) is 0 Å². The van der Waals surface area contributed by atoms with E-state index in [1.807, 2.05) is 72.8 Å². The van der Waals surface area contributed by atoms with Gasteiger partial charge in [-0.25, -0.2) is 13.1 Å². The van der Waals surface area contributed by atoms with E-state index in [1.165, 1.54) is 0 Å². The van der Waals surface area contributed by atoms with Gasteiger partial charge < -0.3 is 5.11 Å². The molecule has 1 atom stereocenters. The van der Waals surface area contributed by atoms with E-state index in [-0.39, 0.29) is 12.3 Å². The molecule has 0 bridgehead atoms. The minimum Gasteiger partial charge on any atom is -0.387 e. The molecule has 0 saturated heterocycles. The summed E-state index contributed by atoms with van der Waals surface area (Å²) in [6.07, 6.45) is -0.446. The molecule has 3 rings (SSSR count). The van der Waals surface area contributed by atoms with Gasteiger partial charge in [-0.2, -0.15) is 0 Å². The Labute approximate surface area is 148 Å². The first-order valence-corrected chi connectivity index (χ1v) is 9.87. The Hall–Kier alpha value is -2.21. The molecule has 0 spiro atoms. The summed E-state index contributed by atoms with van der Waals surface area (Å²) >= 11 is 0. The summed E-state index contributed by atoms with van der Waals surface area (Å²) < 4.78 is 26.9. The standard InChI is InChI=1S/C20H21NO3S/c22-20(19-12-6-10-17-9-4-5-11-18(17)19)15-21-25(23,24)14-13-16-7-2-1-3-8-16/h1-12,20-22H,13-15H2/t20-/m0/s1. The molecule has 0 fully saturated rings. The Morgan fingerprint density at radius 3 is 2.36 bits per heavy atom. The molecule has 0 amide bonds. The normalized spacial score (nSPS) is 13.0. The fourth-order valence-corrected chi connectivity index (χ4v) is 3.89. The molecule has 0 radical (unpaired) electrons. The number of aliphatic hydroxyl groups excluding tert-OH is 1.